The Hall–Kier alpha value is -2.14. The normalized spacial score (nSPS) is 10.6. The summed E-state index contributed by atoms with van der Waals surface area (Å²) >= 11 is 1.22. The number of aromatic nitrogens is 5. The Morgan fingerprint density at radius 2 is 2.22 bits per heavy atom. The smallest absolute Gasteiger partial charge is 0.267 e. The summed E-state index contributed by atoms with van der Waals surface area (Å²) in [5.41, 5.74) is -0.00303. The molecule has 0 fully saturated rings. The zero-order valence-electron chi connectivity index (χ0n) is 9.78. The number of H-pyrrole nitrogens is 1. The van der Waals surface area contributed by atoms with Gasteiger partial charge in [-0.2, -0.15) is 5.26 Å². The van der Waals surface area contributed by atoms with Crippen molar-refractivity contribution >= 4 is 11.8 Å². The van der Waals surface area contributed by atoms with Crippen molar-refractivity contribution < 1.29 is 0 Å². The first kappa shape index (κ1) is 12.3. The third-order valence-corrected chi connectivity index (χ3v) is 3.02. The van der Waals surface area contributed by atoms with Gasteiger partial charge < -0.3 is 0 Å². The van der Waals surface area contributed by atoms with E-state index in [2.05, 4.69) is 20.2 Å². The lowest BCUT2D eigenvalue weighted by atomic mass is 10.4. The Bertz CT molecular complexity index is 636. The van der Waals surface area contributed by atoms with Crippen LogP contribution in [0.2, 0.25) is 0 Å². The molecule has 92 valence electrons. The predicted molar refractivity (Wildman–Crippen MR) is 64.1 cm³/mol. The highest BCUT2D eigenvalue weighted by atomic mass is 32.2. The molecule has 0 saturated heterocycles. The molecule has 7 nitrogen and oxygen atoms in total. The number of nitrogens with zero attached hydrogens (tertiary/aromatic N) is 5. The van der Waals surface area contributed by atoms with Crippen molar-refractivity contribution in [2.24, 2.45) is 0 Å². The first-order valence-corrected chi connectivity index (χ1v) is 6.00. The highest BCUT2D eigenvalue weighted by Gasteiger charge is 2.13. The zero-order valence-corrected chi connectivity index (χ0v) is 10.6. The molecule has 2 rings (SSSR count). The van der Waals surface area contributed by atoms with Crippen LogP contribution in [0.25, 0.3) is 0 Å². The maximum Gasteiger partial charge on any atom is 0.344 e. The molecule has 2 aromatic heterocycles. The molecule has 0 radical (unpaired) electrons. The lowest BCUT2D eigenvalue weighted by Crippen LogP contribution is -2.19. The van der Waals surface area contributed by atoms with Crippen molar-refractivity contribution in [1.29, 1.82) is 5.26 Å². The fraction of sp³-hybridized carbons (Fsp3) is 0.300. The molecular weight excluding hydrogens is 252 g/mol. The molecule has 0 aliphatic carbocycles. The van der Waals surface area contributed by atoms with Gasteiger partial charge in [0.25, 0.3) is 0 Å². The topological polar surface area (TPSA) is 100 Å². The fourth-order valence-corrected chi connectivity index (χ4v) is 2.22. The first-order chi connectivity index (χ1) is 8.61. The van der Waals surface area contributed by atoms with Crippen LogP contribution in [0, 0.1) is 11.3 Å². The lowest BCUT2D eigenvalue weighted by molar-refractivity contribution is 0.534. The van der Waals surface area contributed by atoms with Gasteiger partial charge in [-0.25, -0.2) is 19.9 Å². The molecule has 0 atom stereocenters. The van der Waals surface area contributed by atoms with E-state index in [0.717, 1.165) is 0 Å². The third-order valence-electron chi connectivity index (χ3n) is 2.13. The summed E-state index contributed by atoms with van der Waals surface area (Å²) in [6, 6.07) is 1.90. The van der Waals surface area contributed by atoms with Gasteiger partial charge in [-0.3, -0.25) is 4.57 Å². The van der Waals surface area contributed by atoms with E-state index in [9.17, 15) is 4.79 Å². The van der Waals surface area contributed by atoms with Gasteiger partial charge in [0.2, 0.25) is 0 Å². The van der Waals surface area contributed by atoms with Crippen LogP contribution < -0.4 is 5.69 Å². The molecule has 0 bridgehead atoms. The summed E-state index contributed by atoms with van der Waals surface area (Å²) in [5, 5.41) is 16.0. The highest BCUT2D eigenvalue weighted by Crippen LogP contribution is 2.23. The van der Waals surface area contributed by atoms with E-state index in [1.807, 2.05) is 19.9 Å². The Labute approximate surface area is 107 Å². The van der Waals surface area contributed by atoms with E-state index >= 15 is 0 Å². The molecule has 2 aromatic rings. The van der Waals surface area contributed by atoms with Crippen molar-refractivity contribution in [2.75, 3.05) is 0 Å². The second-order valence-electron chi connectivity index (χ2n) is 3.73. The van der Waals surface area contributed by atoms with Crippen LogP contribution in [0.3, 0.4) is 0 Å². The summed E-state index contributed by atoms with van der Waals surface area (Å²) in [6.07, 6.45) is 2.86. The minimum absolute atomic E-state index is 0.00471. The molecule has 0 saturated carbocycles. The van der Waals surface area contributed by atoms with Crippen molar-refractivity contribution in [1.82, 2.24) is 24.7 Å². The number of nitriles is 1. The van der Waals surface area contributed by atoms with Crippen LogP contribution in [-0.4, -0.2) is 24.7 Å². The van der Waals surface area contributed by atoms with Crippen LogP contribution in [0.5, 0.6) is 0 Å². The Morgan fingerprint density at radius 1 is 1.44 bits per heavy atom. The van der Waals surface area contributed by atoms with Crippen LogP contribution in [0.4, 0.5) is 0 Å². The molecular formula is C10H10N6OS. The summed E-state index contributed by atoms with van der Waals surface area (Å²) in [7, 11) is 0. The fourth-order valence-electron chi connectivity index (χ4n) is 1.34. The van der Waals surface area contributed by atoms with E-state index in [0.29, 0.717) is 10.2 Å². The quantitative estimate of drug-likeness (QED) is 0.884. The number of rotatable bonds is 3. The van der Waals surface area contributed by atoms with E-state index in [-0.39, 0.29) is 17.4 Å². The molecule has 0 unspecified atom stereocenters. The van der Waals surface area contributed by atoms with Crippen molar-refractivity contribution in [3.8, 4) is 6.07 Å². The lowest BCUT2D eigenvalue weighted by Gasteiger charge is -2.07. The average Bonchev–Trinajstić information content (AvgIpc) is 2.71. The molecule has 2 heterocycles. The monoisotopic (exact) mass is 262 g/mol. The van der Waals surface area contributed by atoms with Crippen LogP contribution >= 0.6 is 11.8 Å². The number of hydrogen-bond donors (Lipinski definition) is 1. The molecule has 18 heavy (non-hydrogen) atoms. The third kappa shape index (κ3) is 2.41. The van der Waals surface area contributed by atoms with Gasteiger partial charge in [0.05, 0.1) is 12.4 Å². The van der Waals surface area contributed by atoms with Gasteiger partial charge in [0, 0.05) is 6.04 Å². The molecule has 0 aliphatic heterocycles. The van der Waals surface area contributed by atoms with Gasteiger partial charge >= 0.3 is 5.69 Å². The summed E-state index contributed by atoms with van der Waals surface area (Å²) in [5.74, 6) is 0. The molecule has 0 spiro atoms. The van der Waals surface area contributed by atoms with Crippen LogP contribution in [-0.2, 0) is 0 Å². The molecule has 1 N–H and O–H groups in total. The average molecular weight is 262 g/mol. The Morgan fingerprint density at radius 3 is 2.78 bits per heavy atom. The van der Waals surface area contributed by atoms with Gasteiger partial charge in [-0.1, -0.05) is 0 Å². The van der Waals surface area contributed by atoms with E-state index in [4.69, 9.17) is 5.26 Å². The second kappa shape index (κ2) is 5.01. The van der Waals surface area contributed by atoms with Crippen LogP contribution in [0.15, 0.2) is 27.4 Å². The standard InChI is InChI=1S/C10H10N6OS/c1-6(2)16-9(17)14-15-10(16)18-8-5-12-7(3-11)4-13-8/h4-6H,1-2H3,(H,14,17). The van der Waals surface area contributed by atoms with E-state index in [1.165, 1.54) is 28.7 Å². The Balaban J connectivity index is 2.29. The summed E-state index contributed by atoms with van der Waals surface area (Å²) in [6.45, 7) is 3.79. The van der Waals surface area contributed by atoms with Crippen molar-refractivity contribution in [2.45, 2.75) is 30.1 Å². The highest BCUT2D eigenvalue weighted by molar-refractivity contribution is 7.99. The largest absolute Gasteiger partial charge is 0.344 e. The molecule has 8 heteroatoms. The maximum atomic E-state index is 11.5. The number of hydrogen-bond acceptors (Lipinski definition) is 6. The van der Waals surface area contributed by atoms with Gasteiger partial charge in [-0.15, -0.1) is 5.10 Å². The van der Waals surface area contributed by atoms with E-state index < -0.39 is 0 Å². The number of nitrogens with one attached hydrogen (secondary N) is 1. The minimum atomic E-state index is -0.255. The molecule has 0 amide bonds. The first-order valence-electron chi connectivity index (χ1n) is 5.18. The van der Waals surface area contributed by atoms with Gasteiger partial charge in [-0.05, 0) is 25.6 Å². The van der Waals surface area contributed by atoms with E-state index in [1.54, 1.807) is 0 Å². The summed E-state index contributed by atoms with van der Waals surface area (Å²) < 4.78 is 1.53. The van der Waals surface area contributed by atoms with Gasteiger partial charge in [0.15, 0.2) is 10.9 Å². The van der Waals surface area contributed by atoms with Crippen LogP contribution in [0.1, 0.15) is 25.6 Å². The number of aromatic amines is 1. The molecule has 0 aromatic carbocycles. The van der Waals surface area contributed by atoms with Crippen molar-refractivity contribution in [3.63, 3.8) is 0 Å². The maximum absolute atomic E-state index is 11.5. The van der Waals surface area contributed by atoms with Gasteiger partial charge in [0.1, 0.15) is 11.1 Å². The Kier molecular flexibility index (Phi) is 3.43. The predicted octanol–water partition coefficient (Wildman–Crippen LogP) is 0.965. The van der Waals surface area contributed by atoms with Crippen molar-refractivity contribution in [3.05, 3.63) is 28.6 Å². The summed E-state index contributed by atoms with van der Waals surface area (Å²) in [4.78, 5) is 19.5. The SMILES string of the molecule is CC(C)n1c(Sc2cnc(C#N)cn2)n[nH]c1=O. The second-order valence-corrected chi connectivity index (χ2v) is 4.72. The zero-order chi connectivity index (χ0) is 13.1. The molecule has 0 aliphatic rings. The minimum Gasteiger partial charge on any atom is -0.267 e.